The Hall–Kier alpha value is -2.64. The van der Waals surface area contributed by atoms with Crippen molar-refractivity contribution in [3.05, 3.63) is 64.8 Å². The first kappa shape index (κ1) is 21.1. The molecule has 152 valence electrons. The SMILES string of the molecule is Cc1cc(C)cc(Nc2ncc(Cl)c(Nc3ccccc3S(=O)(=O)C(C)C)n2)c1. The van der Waals surface area contributed by atoms with Gasteiger partial charge in [0.2, 0.25) is 5.95 Å². The van der Waals surface area contributed by atoms with Crippen LogP contribution in [0, 0.1) is 13.8 Å². The summed E-state index contributed by atoms with van der Waals surface area (Å²) in [4.78, 5) is 8.85. The molecule has 0 bridgehead atoms. The first-order chi connectivity index (χ1) is 13.7. The van der Waals surface area contributed by atoms with E-state index in [9.17, 15) is 8.42 Å². The normalized spacial score (nSPS) is 11.5. The molecule has 0 saturated carbocycles. The van der Waals surface area contributed by atoms with Gasteiger partial charge in [-0.2, -0.15) is 4.98 Å². The zero-order valence-electron chi connectivity index (χ0n) is 16.7. The van der Waals surface area contributed by atoms with E-state index in [0.717, 1.165) is 16.8 Å². The van der Waals surface area contributed by atoms with Gasteiger partial charge >= 0.3 is 0 Å². The first-order valence-corrected chi connectivity index (χ1v) is 11.1. The van der Waals surface area contributed by atoms with Crippen molar-refractivity contribution < 1.29 is 8.42 Å². The topological polar surface area (TPSA) is 84.0 Å². The summed E-state index contributed by atoms with van der Waals surface area (Å²) in [7, 11) is -3.47. The van der Waals surface area contributed by atoms with Crippen molar-refractivity contribution in [2.75, 3.05) is 10.6 Å². The van der Waals surface area contributed by atoms with Gasteiger partial charge in [-0.05, 0) is 63.1 Å². The number of para-hydroxylation sites is 1. The zero-order valence-corrected chi connectivity index (χ0v) is 18.3. The summed E-state index contributed by atoms with van der Waals surface area (Å²) < 4.78 is 25.4. The van der Waals surface area contributed by atoms with Gasteiger partial charge in [0.1, 0.15) is 5.02 Å². The van der Waals surface area contributed by atoms with Crippen LogP contribution in [0.4, 0.5) is 23.1 Å². The average Bonchev–Trinajstić information content (AvgIpc) is 2.64. The Morgan fingerprint density at radius 2 is 1.66 bits per heavy atom. The number of hydrogen-bond acceptors (Lipinski definition) is 6. The summed E-state index contributed by atoms with van der Waals surface area (Å²) in [5, 5.41) is 5.95. The van der Waals surface area contributed by atoms with Crippen LogP contribution in [0.2, 0.25) is 5.02 Å². The molecular formula is C21H23ClN4O2S. The Kier molecular flexibility index (Phi) is 6.10. The summed E-state index contributed by atoms with van der Waals surface area (Å²) in [6.45, 7) is 7.32. The van der Waals surface area contributed by atoms with Crippen LogP contribution >= 0.6 is 11.6 Å². The van der Waals surface area contributed by atoms with Crippen molar-refractivity contribution in [1.82, 2.24) is 9.97 Å². The third-order valence-electron chi connectivity index (χ3n) is 4.29. The molecule has 8 heteroatoms. The molecule has 1 heterocycles. The maximum atomic E-state index is 12.7. The predicted octanol–water partition coefficient (Wildman–Crippen LogP) is 5.42. The second kappa shape index (κ2) is 8.39. The quantitative estimate of drug-likeness (QED) is 0.543. The minimum absolute atomic E-state index is 0.202. The van der Waals surface area contributed by atoms with Crippen molar-refractivity contribution in [3.63, 3.8) is 0 Å². The molecule has 3 aromatic rings. The Bertz CT molecular complexity index is 1130. The van der Waals surface area contributed by atoms with Crippen LogP contribution in [0.1, 0.15) is 25.0 Å². The van der Waals surface area contributed by atoms with E-state index < -0.39 is 15.1 Å². The van der Waals surface area contributed by atoms with Crippen LogP contribution in [0.25, 0.3) is 0 Å². The maximum absolute atomic E-state index is 12.7. The van der Waals surface area contributed by atoms with E-state index in [2.05, 4.69) is 26.7 Å². The van der Waals surface area contributed by atoms with Gasteiger partial charge in [0.05, 0.1) is 22.0 Å². The summed E-state index contributed by atoms with van der Waals surface area (Å²) in [6, 6.07) is 12.8. The smallest absolute Gasteiger partial charge is 0.229 e. The monoisotopic (exact) mass is 430 g/mol. The summed E-state index contributed by atoms with van der Waals surface area (Å²) >= 11 is 6.26. The predicted molar refractivity (Wildman–Crippen MR) is 118 cm³/mol. The Balaban J connectivity index is 1.94. The first-order valence-electron chi connectivity index (χ1n) is 9.14. The fourth-order valence-corrected chi connectivity index (χ4v) is 4.23. The third kappa shape index (κ3) is 4.86. The van der Waals surface area contributed by atoms with Crippen molar-refractivity contribution >= 4 is 44.6 Å². The second-order valence-corrected chi connectivity index (χ2v) is 9.99. The molecular weight excluding hydrogens is 408 g/mol. The fraction of sp³-hybridized carbons (Fsp3) is 0.238. The number of aromatic nitrogens is 2. The number of halogens is 1. The maximum Gasteiger partial charge on any atom is 0.229 e. The number of sulfone groups is 1. The lowest BCUT2D eigenvalue weighted by Gasteiger charge is -2.15. The lowest BCUT2D eigenvalue weighted by molar-refractivity contribution is 0.588. The lowest BCUT2D eigenvalue weighted by atomic mass is 10.1. The van der Waals surface area contributed by atoms with Gasteiger partial charge in [-0.15, -0.1) is 0 Å². The number of anilines is 4. The van der Waals surface area contributed by atoms with Gasteiger partial charge in [0.25, 0.3) is 0 Å². The highest BCUT2D eigenvalue weighted by Crippen LogP contribution is 2.30. The lowest BCUT2D eigenvalue weighted by Crippen LogP contribution is -2.15. The van der Waals surface area contributed by atoms with Crippen LogP contribution in [-0.2, 0) is 9.84 Å². The number of nitrogens with zero attached hydrogens (tertiary/aromatic N) is 2. The second-order valence-electron chi connectivity index (χ2n) is 7.11. The van der Waals surface area contributed by atoms with E-state index in [1.54, 1.807) is 38.1 Å². The van der Waals surface area contributed by atoms with Gasteiger partial charge in [-0.25, -0.2) is 13.4 Å². The summed E-state index contributed by atoms with van der Waals surface area (Å²) in [6.07, 6.45) is 1.47. The van der Waals surface area contributed by atoms with Gasteiger partial charge in [0, 0.05) is 5.69 Å². The molecule has 3 rings (SSSR count). The minimum Gasteiger partial charge on any atom is -0.338 e. The molecule has 0 aliphatic rings. The van der Waals surface area contributed by atoms with Gasteiger partial charge in [-0.3, -0.25) is 0 Å². The minimum atomic E-state index is -3.47. The Labute approximate surface area is 176 Å². The van der Waals surface area contributed by atoms with Crippen LogP contribution in [0.15, 0.2) is 53.6 Å². The fourth-order valence-electron chi connectivity index (χ4n) is 2.89. The molecule has 0 atom stereocenters. The van der Waals surface area contributed by atoms with E-state index in [4.69, 9.17) is 11.6 Å². The molecule has 0 spiro atoms. The average molecular weight is 431 g/mol. The molecule has 2 N–H and O–H groups in total. The van der Waals surface area contributed by atoms with Gasteiger partial charge in [0.15, 0.2) is 15.7 Å². The molecule has 29 heavy (non-hydrogen) atoms. The van der Waals surface area contributed by atoms with E-state index >= 15 is 0 Å². The Morgan fingerprint density at radius 1 is 1.00 bits per heavy atom. The number of hydrogen-bond donors (Lipinski definition) is 2. The molecule has 1 aromatic heterocycles. The molecule has 6 nitrogen and oxygen atoms in total. The summed E-state index contributed by atoms with van der Waals surface area (Å²) in [5.74, 6) is 0.672. The largest absolute Gasteiger partial charge is 0.338 e. The molecule has 0 radical (unpaired) electrons. The molecule has 2 aromatic carbocycles. The van der Waals surface area contributed by atoms with Gasteiger partial charge in [-0.1, -0.05) is 29.8 Å². The number of aryl methyl sites for hydroxylation is 2. The molecule has 0 unspecified atom stereocenters. The van der Waals surface area contributed by atoms with Crippen LogP contribution in [0.5, 0.6) is 0 Å². The van der Waals surface area contributed by atoms with Crippen LogP contribution < -0.4 is 10.6 Å². The van der Waals surface area contributed by atoms with E-state index in [1.807, 2.05) is 26.0 Å². The van der Waals surface area contributed by atoms with E-state index in [1.165, 1.54) is 6.20 Å². The molecule has 0 saturated heterocycles. The molecule has 0 fully saturated rings. The van der Waals surface area contributed by atoms with E-state index in [0.29, 0.717) is 17.5 Å². The number of rotatable bonds is 6. The summed E-state index contributed by atoms with van der Waals surface area (Å²) in [5.41, 5.74) is 3.51. The molecule has 0 aliphatic carbocycles. The zero-order chi connectivity index (χ0) is 21.2. The highest BCUT2D eigenvalue weighted by molar-refractivity contribution is 7.92. The third-order valence-corrected chi connectivity index (χ3v) is 6.78. The van der Waals surface area contributed by atoms with E-state index in [-0.39, 0.29) is 9.92 Å². The standard InChI is InChI=1S/C21H23ClN4O2S/c1-13(2)29(27,28)19-8-6-5-7-18(19)25-20-17(22)12-23-21(26-20)24-16-10-14(3)9-15(4)11-16/h5-13H,1-4H3,(H2,23,24,25,26). The molecule has 0 amide bonds. The van der Waals surface area contributed by atoms with Crippen molar-refractivity contribution in [1.29, 1.82) is 0 Å². The highest BCUT2D eigenvalue weighted by Gasteiger charge is 2.23. The van der Waals surface area contributed by atoms with Crippen molar-refractivity contribution in [2.45, 2.75) is 37.8 Å². The van der Waals surface area contributed by atoms with Crippen molar-refractivity contribution in [2.24, 2.45) is 0 Å². The van der Waals surface area contributed by atoms with Crippen molar-refractivity contribution in [3.8, 4) is 0 Å². The Morgan fingerprint density at radius 3 is 2.31 bits per heavy atom. The molecule has 0 aliphatic heterocycles. The van der Waals surface area contributed by atoms with Crippen LogP contribution in [0.3, 0.4) is 0 Å². The highest BCUT2D eigenvalue weighted by atomic mass is 35.5. The number of nitrogens with one attached hydrogen (secondary N) is 2. The number of benzene rings is 2. The van der Waals surface area contributed by atoms with Crippen LogP contribution in [-0.4, -0.2) is 23.6 Å². The van der Waals surface area contributed by atoms with Gasteiger partial charge < -0.3 is 10.6 Å².